The van der Waals surface area contributed by atoms with Crippen LogP contribution in [0.2, 0.25) is 0 Å². The molecule has 0 amide bonds. The van der Waals surface area contributed by atoms with Crippen LogP contribution >= 0.6 is 11.3 Å². The van der Waals surface area contributed by atoms with Crippen molar-refractivity contribution >= 4 is 11.3 Å². The van der Waals surface area contributed by atoms with Crippen LogP contribution in [0, 0.1) is 5.92 Å². The summed E-state index contributed by atoms with van der Waals surface area (Å²) in [6, 6.07) is 0. The number of nitrogens with one attached hydrogen (secondary N) is 1. The lowest BCUT2D eigenvalue weighted by Crippen LogP contribution is -2.41. The zero-order valence-corrected chi connectivity index (χ0v) is 14.3. The summed E-state index contributed by atoms with van der Waals surface area (Å²) in [4.78, 5) is 4.93. The van der Waals surface area contributed by atoms with E-state index in [0.717, 1.165) is 19.1 Å². The molecule has 3 nitrogen and oxygen atoms in total. The minimum atomic E-state index is -0.00609. The smallest absolute Gasteiger partial charge is 0.113 e. The normalized spacial score (nSPS) is 19.1. The van der Waals surface area contributed by atoms with Crippen LogP contribution in [0.4, 0.5) is 0 Å². The highest BCUT2D eigenvalue weighted by molar-refractivity contribution is 7.09. The summed E-state index contributed by atoms with van der Waals surface area (Å²) in [6.07, 6.45) is 3.94. The monoisotopic (exact) mass is 296 g/mol. The van der Waals surface area contributed by atoms with Crippen molar-refractivity contribution in [3.05, 3.63) is 16.1 Å². The summed E-state index contributed by atoms with van der Waals surface area (Å²) < 4.78 is 5.17. The second-order valence-corrected chi connectivity index (χ2v) is 8.05. The molecular formula is C16H28N2OS. The van der Waals surface area contributed by atoms with Gasteiger partial charge in [0.1, 0.15) is 5.01 Å². The Bertz CT molecular complexity index is 434. The molecule has 1 aliphatic carbocycles. The Morgan fingerprint density at radius 1 is 1.35 bits per heavy atom. The minimum Gasteiger partial charge on any atom is -0.383 e. The van der Waals surface area contributed by atoms with Crippen molar-refractivity contribution in [2.45, 2.75) is 57.9 Å². The molecule has 1 aromatic rings. The fraction of sp³-hybridized carbons (Fsp3) is 0.812. The number of methoxy groups -OCH3 is 1. The topological polar surface area (TPSA) is 34.1 Å². The van der Waals surface area contributed by atoms with Gasteiger partial charge >= 0.3 is 0 Å². The van der Waals surface area contributed by atoms with Gasteiger partial charge in [-0.05, 0) is 19.3 Å². The predicted molar refractivity (Wildman–Crippen MR) is 85.4 cm³/mol. The summed E-state index contributed by atoms with van der Waals surface area (Å²) in [5.74, 6) is 0.872. The number of ether oxygens (including phenoxy) is 1. The molecule has 1 fully saturated rings. The predicted octanol–water partition coefficient (Wildman–Crippen LogP) is 3.69. The Labute approximate surface area is 127 Å². The van der Waals surface area contributed by atoms with Gasteiger partial charge in [0.05, 0.1) is 17.8 Å². The highest BCUT2D eigenvalue weighted by atomic mass is 32.1. The molecule has 20 heavy (non-hydrogen) atoms. The summed E-state index contributed by atoms with van der Waals surface area (Å²) >= 11 is 1.80. The van der Waals surface area contributed by atoms with Crippen LogP contribution in [0.25, 0.3) is 0 Å². The first-order valence-corrected chi connectivity index (χ1v) is 8.43. The van der Waals surface area contributed by atoms with Crippen LogP contribution in [0.3, 0.4) is 0 Å². The van der Waals surface area contributed by atoms with E-state index in [1.54, 1.807) is 18.4 Å². The Morgan fingerprint density at radius 3 is 2.55 bits per heavy atom. The van der Waals surface area contributed by atoms with Gasteiger partial charge in [-0.25, -0.2) is 4.98 Å². The standard InChI is InChI=1S/C16H28N2OS/c1-15(2,3)13-11-20-14(18-13)16(4,10-12-6-7-12)17-8-9-19-5/h11-12,17H,6-10H2,1-5H3. The zero-order chi connectivity index (χ0) is 14.8. The molecule has 1 heterocycles. The highest BCUT2D eigenvalue weighted by Gasteiger charge is 2.37. The molecule has 1 aliphatic rings. The lowest BCUT2D eigenvalue weighted by atomic mass is 9.92. The van der Waals surface area contributed by atoms with Gasteiger partial charge in [-0.2, -0.15) is 0 Å². The van der Waals surface area contributed by atoms with Crippen LogP contribution in [-0.2, 0) is 15.7 Å². The van der Waals surface area contributed by atoms with Gasteiger partial charge in [0.15, 0.2) is 0 Å². The van der Waals surface area contributed by atoms with E-state index in [4.69, 9.17) is 9.72 Å². The Balaban J connectivity index is 2.14. The van der Waals surface area contributed by atoms with Crippen molar-refractivity contribution in [2.75, 3.05) is 20.3 Å². The molecule has 1 atom stereocenters. The lowest BCUT2D eigenvalue weighted by molar-refractivity contribution is 0.182. The third kappa shape index (κ3) is 4.03. The molecule has 0 aliphatic heterocycles. The first kappa shape index (κ1) is 15.9. The second kappa shape index (κ2) is 6.12. The molecule has 0 aromatic carbocycles. The van der Waals surface area contributed by atoms with E-state index in [1.165, 1.54) is 30.0 Å². The Hall–Kier alpha value is -0.450. The first-order chi connectivity index (χ1) is 9.35. The zero-order valence-electron chi connectivity index (χ0n) is 13.5. The average molecular weight is 296 g/mol. The van der Waals surface area contributed by atoms with Crippen molar-refractivity contribution in [1.82, 2.24) is 10.3 Å². The number of hydrogen-bond donors (Lipinski definition) is 1. The molecule has 4 heteroatoms. The molecule has 114 valence electrons. The highest BCUT2D eigenvalue weighted by Crippen LogP contribution is 2.42. The van der Waals surface area contributed by atoms with Gasteiger partial charge in [0, 0.05) is 24.4 Å². The number of rotatable bonds is 7. The summed E-state index contributed by atoms with van der Waals surface area (Å²) in [7, 11) is 1.75. The maximum Gasteiger partial charge on any atom is 0.113 e. The van der Waals surface area contributed by atoms with E-state index in [-0.39, 0.29) is 11.0 Å². The molecule has 1 saturated carbocycles. The summed E-state index contributed by atoms with van der Waals surface area (Å²) in [6.45, 7) is 10.6. The number of hydrogen-bond acceptors (Lipinski definition) is 4. The molecule has 1 aromatic heterocycles. The molecule has 0 saturated heterocycles. The summed E-state index contributed by atoms with van der Waals surface area (Å²) in [5, 5.41) is 7.12. The molecule has 0 spiro atoms. The minimum absolute atomic E-state index is 0.00609. The average Bonchev–Trinajstić information content (AvgIpc) is 2.99. The summed E-state index contributed by atoms with van der Waals surface area (Å²) in [5.41, 5.74) is 1.32. The van der Waals surface area contributed by atoms with E-state index < -0.39 is 0 Å². The molecule has 1 N–H and O–H groups in total. The SMILES string of the molecule is COCCNC(C)(CC1CC1)c1nc(C(C)(C)C)cs1. The quantitative estimate of drug-likeness (QED) is 0.779. The van der Waals surface area contributed by atoms with E-state index >= 15 is 0 Å². The van der Waals surface area contributed by atoms with Gasteiger partial charge in [-0.15, -0.1) is 11.3 Å². The van der Waals surface area contributed by atoms with Crippen molar-refractivity contribution < 1.29 is 4.74 Å². The van der Waals surface area contributed by atoms with Crippen LogP contribution in [0.1, 0.15) is 57.7 Å². The fourth-order valence-corrected chi connectivity index (χ4v) is 3.63. The Kier molecular flexibility index (Phi) is 4.88. The van der Waals surface area contributed by atoms with Gasteiger partial charge in [0.2, 0.25) is 0 Å². The maximum absolute atomic E-state index is 5.17. The van der Waals surface area contributed by atoms with Crippen molar-refractivity contribution in [3.63, 3.8) is 0 Å². The van der Waals surface area contributed by atoms with Gasteiger partial charge < -0.3 is 10.1 Å². The Morgan fingerprint density at radius 2 is 2.05 bits per heavy atom. The number of aromatic nitrogens is 1. The fourth-order valence-electron chi connectivity index (χ4n) is 2.44. The van der Waals surface area contributed by atoms with Crippen molar-refractivity contribution in [2.24, 2.45) is 5.92 Å². The first-order valence-electron chi connectivity index (χ1n) is 7.55. The molecular weight excluding hydrogens is 268 g/mol. The van der Waals surface area contributed by atoms with Crippen LogP contribution in [0.15, 0.2) is 5.38 Å². The third-order valence-corrected chi connectivity index (χ3v) is 5.07. The molecule has 1 unspecified atom stereocenters. The largest absolute Gasteiger partial charge is 0.383 e. The maximum atomic E-state index is 5.17. The van der Waals surface area contributed by atoms with Gasteiger partial charge in [-0.1, -0.05) is 33.6 Å². The third-order valence-electron chi connectivity index (χ3n) is 3.96. The second-order valence-electron chi connectivity index (χ2n) is 7.19. The van der Waals surface area contributed by atoms with E-state index in [2.05, 4.69) is 38.4 Å². The number of thiazole rings is 1. The number of nitrogens with zero attached hydrogens (tertiary/aromatic N) is 1. The molecule has 0 radical (unpaired) electrons. The molecule has 0 bridgehead atoms. The van der Waals surface area contributed by atoms with Gasteiger partial charge in [-0.3, -0.25) is 0 Å². The van der Waals surface area contributed by atoms with E-state index in [0.29, 0.717) is 0 Å². The van der Waals surface area contributed by atoms with E-state index in [1.807, 2.05) is 0 Å². The van der Waals surface area contributed by atoms with Crippen molar-refractivity contribution in [3.8, 4) is 0 Å². The molecule has 2 rings (SSSR count). The van der Waals surface area contributed by atoms with Gasteiger partial charge in [0.25, 0.3) is 0 Å². The van der Waals surface area contributed by atoms with Crippen LogP contribution < -0.4 is 5.32 Å². The lowest BCUT2D eigenvalue weighted by Gasteiger charge is -2.29. The van der Waals surface area contributed by atoms with E-state index in [9.17, 15) is 0 Å². The van der Waals surface area contributed by atoms with Crippen LogP contribution in [-0.4, -0.2) is 25.2 Å². The van der Waals surface area contributed by atoms with Crippen LogP contribution in [0.5, 0.6) is 0 Å². The van der Waals surface area contributed by atoms with Crippen molar-refractivity contribution in [1.29, 1.82) is 0 Å².